The summed E-state index contributed by atoms with van der Waals surface area (Å²) in [5.41, 5.74) is 1.76. The van der Waals surface area contributed by atoms with E-state index in [1.165, 1.54) is 0 Å². The first-order valence-electron chi connectivity index (χ1n) is 8.23. The van der Waals surface area contributed by atoms with E-state index in [-0.39, 0.29) is 12.1 Å². The summed E-state index contributed by atoms with van der Waals surface area (Å²) < 4.78 is 5.25. The highest BCUT2D eigenvalue weighted by Gasteiger charge is 2.23. The molecule has 2 aromatic heterocycles. The predicted octanol–water partition coefficient (Wildman–Crippen LogP) is 1.97. The Morgan fingerprint density at radius 1 is 1.33 bits per heavy atom. The Bertz CT molecular complexity index is 665. The maximum atomic E-state index is 12.4. The lowest BCUT2D eigenvalue weighted by molar-refractivity contribution is 0.126. The zero-order valence-corrected chi connectivity index (χ0v) is 14.1. The summed E-state index contributed by atoms with van der Waals surface area (Å²) in [6, 6.07) is 7.52. The monoisotopic (exact) mass is 329 g/mol. The lowest BCUT2D eigenvalue weighted by Crippen LogP contribution is -2.51. The maximum Gasteiger partial charge on any atom is 0.318 e. The van der Waals surface area contributed by atoms with Gasteiger partial charge in [0.25, 0.3) is 0 Å². The van der Waals surface area contributed by atoms with Crippen LogP contribution in [0, 0.1) is 6.92 Å². The Hall–Kier alpha value is -2.41. The number of rotatable bonds is 4. The highest BCUT2D eigenvalue weighted by Crippen LogP contribution is 2.12. The molecule has 0 unspecified atom stereocenters. The van der Waals surface area contributed by atoms with Crippen molar-refractivity contribution in [2.24, 2.45) is 0 Å². The SMILES string of the molecule is Cc1cc(CN2CCN(C(=O)N[C@H](C)c3ccccn3)CC2)on1. The van der Waals surface area contributed by atoms with Crippen molar-refractivity contribution in [1.29, 1.82) is 0 Å². The van der Waals surface area contributed by atoms with Crippen molar-refractivity contribution in [3.05, 3.63) is 47.6 Å². The molecule has 0 spiro atoms. The van der Waals surface area contributed by atoms with Crippen LogP contribution in [0.4, 0.5) is 4.79 Å². The predicted molar refractivity (Wildman–Crippen MR) is 89.3 cm³/mol. The number of nitrogens with zero attached hydrogens (tertiary/aromatic N) is 4. The number of hydrogen-bond donors (Lipinski definition) is 1. The molecule has 3 heterocycles. The molecule has 0 aliphatic carbocycles. The number of piperazine rings is 1. The molecule has 1 saturated heterocycles. The van der Waals surface area contributed by atoms with Crippen molar-refractivity contribution in [2.75, 3.05) is 26.2 Å². The molecule has 3 rings (SSSR count). The molecule has 1 N–H and O–H groups in total. The number of hydrogen-bond acceptors (Lipinski definition) is 5. The molecule has 0 radical (unpaired) electrons. The van der Waals surface area contributed by atoms with Crippen molar-refractivity contribution in [3.63, 3.8) is 0 Å². The van der Waals surface area contributed by atoms with Crippen molar-refractivity contribution in [2.45, 2.75) is 26.4 Å². The van der Waals surface area contributed by atoms with Gasteiger partial charge >= 0.3 is 6.03 Å². The second-order valence-electron chi connectivity index (χ2n) is 6.12. The van der Waals surface area contributed by atoms with E-state index in [2.05, 4.69) is 20.4 Å². The highest BCUT2D eigenvalue weighted by molar-refractivity contribution is 5.74. The maximum absolute atomic E-state index is 12.4. The molecule has 2 aromatic rings. The van der Waals surface area contributed by atoms with Crippen LogP contribution in [0.5, 0.6) is 0 Å². The van der Waals surface area contributed by atoms with Gasteiger partial charge in [-0.1, -0.05) is 11.2 Å². The van der Waals surface area contributed by atoms with Gasteiger partial charge in [0.1, 0.15) is 0 Å². The summed E-state index contributed by atoms with van der Waals surface area (Å²) in [7, 11) is 0. The summed E-state index contributed by atoms with van der Waals surface area (Å²) in [4.78, 5) is 20.8. The second-order valence-corrected chi connectivity index (χ2v) is 6.12. The fourth-order valence-electron chi connectivity index (χ4n) is 2.80. The molecular weight excluding hydrogens is 306 g/mol. The number of aryl methyl sites for hydroxylation is 1. The number of amides is 2. The third-order valence-electron chi connectivity index (χ3n) is 4.19. The Kier molecular flexibility index (Phi) is 5.10. The average molecular weight is 329 g/mol. The first kappa shape index (κ1) is 16.4. The van der Waals surface area contributed by atoms with Gasteiger partial charge in [0.2, 0.25) is 0 Å². The van der Waals surface area contributed by atoms with E-state index >= 15 is 0 Å². The normalized spacial score (nSPS) is 16.8. The Labute approximate surface area is 141 Å². The average Bonchev–Trinajstić information content (AvgIpc) is 3.01. The molecule has 1 aliphatic rings. The lowest BCUT2D eigenvalue weighted by Gasteiger charge is -2.34. The third kappa shape index (κ3) is 4.11. The van der Waals surface area contributed by atoms with E-state index in [4.69, 9.17) is 4.52 Å². The van der Waals surface area contributed by atoms with Gasteiger partial charge in [-0.2, -0.15) is 0 Å². The summed E-state index contributed by atoms with van der Waals surface area (Å²) in [6.07, 6.45) is 1.74. The third-order valence-corrected chi connectivity index (χ3v) is 4.19. The number of carbonyl (C=O) groups is 1. The Morgan fingerprint density at radius 2 is 2.12 bits per heavy atom. The van der Waals surface area contributed by atoms with E-state index in [0.717, 1.165) is 36.8 Å². The largest absolute Gasteiger partial charge is 0.360 e. The lowest BCUT2D eigenvalue weighted by atomic mass is 10.2. The molecule has 1 aliphatic heterocycles. The molecule has 2 amide bonds. The van der Waals surface area contributed by atoms with Crippen LogP contribution in [0.15, 0.2) is 35.0 Å². The molecule has 0 bridgehead atoms. The van der Waals surface area contributed by atoms with E-state index in [9.17, 15) is 4.79 Å². The van der Waals surface area contributed by atoms with Crippen LogP contribution in [0.1, 0.15) is 30.1 Å². The van der Waals surface area contributed by atoms with Gasteiger partial charge in [0.15, 0.2) is 5.76 Å². The second kappa shape index (κ2) is 7.44. The Balaban J connectivity index is 1.46. The fraction of sp³-hybridized carbons (Fsp3) is 0.471. The number of aromatic nitrogens is 2. The van der Waals surface area contributed by atoms with Crippen molar-refractivity contribution in [1.82, 2.24) is 25.3 Å². The molecule has 1 atom stereocenters. The van der Waals surface area contributed by atoms with Gasteiger partial charge in [-0.15, -0.1) is 0 Å². The fourth-order valence-corrected chi connectivity index (χ4v) is 2.80. The zero-order chi connectivity index (χ0) is 16.9. The van der Waals surface area contributed by atoms with E-state index < -0.39 is 0 Å². The quantitative estimate of drug-likeness (QED) is 0.928. The van der Waals surface area contributed by atoms with Crippen LogP contribution in [0.2, 0.25) is 0 Å². The topological polar surface area (TPSA) is 74.5 Å². The summed E-state index contributed by atoms with van der Waals surface area (Å²) in [5.74, 6) is 0.870. The minimum atomic E-state index is -0.103. The van der Waals surface area contributed by atoms with Gasteiger partial charge in [0.05, 0.1) is 24.0 Å². The van der Waals surface area contributed by atoms with E-state index in [1.807, 2.05) is 43.0 Å². The summed E-state index contributed by atoms with van der Waals surface area (Å²) in [5, 5.41) is 6.92. The van der Waals surface area contributed by atoms with Gasteiger partial charge in [-0.3, -0.25) is 9.88 Å². The van der Waals surface area contributed by atoms with E-state index in [0.29, 0.717) is 13.1 Å². The van der Waals surface area contributed by atoms with Crippen LogP contribution in [0.3, 0.4) is 0 Å². The van der Waals surface area contributed by atoms with Gasteiger partial charge in [-0.25, -0.2) is 4.79 Å². The van der Waals surface area contributed by atoms with Crippen LogP contribution in [-0.2, 0) is 6.54 Å². The Morgan fingerprint density at radius 3 is 2.75 bits per heavy atom. The number of pyridine rings is 1. The first-order valence-corrected chi connectivity index (χ1v) is 8.23. The molecule has 24 heavy (non-hydrogen) atoms. The minimum absolute atomic E-state index is 0.0386. The molecule has 0 saturated carbocycles. The molecule has 7 nitrogen and oxygen atoms in total. The van der Waals surface area contributed by atoms with Crippen LogP contribution < -0.4 is 5.32 Å². The van der Waals surface area contributed by atoms with Crippen molar-refractivity contribution in [3.8, 4) is 0 Å². The van der Waals surface area contributed by atoms with Crippen LogP contribution in [-0.4, -0.2) is 52.2 Å². The van der Waals surface area contributed by atoms with Crippen molar-refractivity contribution < 1.29 is 9.32 Å². The minimum Gasteiger partial charge on any atom is -0.360 e. The van der Waals surface area contributed by atoms with Gasteiger partial charge in [0, 0.05) is 38.4 Å². The molecular formula is C17H23N5O2. The van der Waals surface area contributed by atoms with Crippen LogP contribution >= 0.6 is 0 Å². The number of carbonyl (C=O) groups excluding carboxylic acids is 1. The summed E-state index contributed by atoms with van der Waals surface area (Å²) >= 11 is 0. The van der Waals surface area contributed by atoms with Crippen molar-refractivity contribution >= 4 is 6.03 Å². The first-order chi connectivity index (χ1) is 11.6. The van der Waals surface area contributed by atoms with Gasteiger partial charge < -0.3 is 14.7 Å². The summed E-state index contributed by atoms with van der Waals surface area (Å²) in [6.45, 7) is 7.65. The highest BCUT2D eigenvalue weighted by atomic mass is 16.5. The van der Waals surface area contributed by atoms with Crippen LogP contribution in [0.25, 0.3) is 0 Å². The standard InChI is InChI=1S/C17H23N5O2/c1-13-11-15(24-20-13)12-21-7-9-22(10-8-21)17(23)19-14(2)16-5-3-4-6-18-16/h3-6,11,14H,7-10,12H2,1-2H3,(H,19,23)/t14-/m1/s1. The zero-order valence-electron chi connectivity index (χ0n) is 14.1. The van der Waals surface area contributed by atoms with E-state index in [1.54, 1.807) is 6.20 Å². The smallest absolute Gasteiger partial charge is 0.318 e. The number of urea groups is 1. The molecule has 0 aromatic carbocycles. The van der Waals surface area contributed by atoms with Gasteiger partial charge in [-0.05, 0) is 26.0 Å². The molecule has 128 valence electrons. The molecule has 1 fully saturated rings. The number of nitrogens with one attached hydrogen (secondary N) is 1. The molecule has 7 heteroatoms.